The van der Waals surface area contributed by atoms with E-state index in [-0.39, 0.29) is 17.8 Å². The maximum atomic E-state index is 13.7. The van der Waals surface area contributed by atoms with E-state index in [4.69, 9.17) is 38.3 Å². The van der Waals surface area contributed by atoms with Gasteiger partial charge in [-0.3, -0.25) is 9.69 Å². The summed E-state index contributed by atoms with van der Waals surface area (Å²) >= 11 is 12.2. The summed E-state index contributed by atoms with van der Waals surface area (Å²) in [5.74, 6) is -0.0126. The van der Waals surface area contributed by atoms with Crippen molar-refractivity contribution in [3.05, 3.63) is 76.4 Å². The SMILES string of the molecule is COc1ncc(C2=NC(NC(=S)N3CCN(Cc4ccccc4)CC3)C(=O)N(C)c3ccc(Cl)cc32)c(OC)n1. The van der Waals surface area contributed by atoms with Crippen molar-refractivity contribution in [1.29, 1.82) is 0 Å². The fourth-order valence-corrected chi connectivity index (χ4v) is 5.25. The van der Waals surface area contributed by atoms with Crippen LogP contribution < -0.4 is 19.7 Å². The van der Waals surface area contributed by atoms with Crippen molar-refractivity contribution in [3.63, 3.8) is 0 Å². The lowest BCUT2D eigenvalue weighted by Crippen LogP contribution is -2.55. The molecule has 0 spiro atoms. The highest BCUT2D eigenvalue weighted by Gasteiger charge is 2.33. The van der Waals surface area contributed by atoms with Crippen molar-refractivity contribution in [2.45, 2.75) is 12.7 Å². The van der Waals surface area contributed by atoms with Gasteiger partial charge in [-0.15, -0.1) is 0 Å². The Labute approximate surface area is 243 Å². The molecule has 1 unspecified atom stereocenters. The van der Waals surface area contributed by atoms with E-state index in [2.05, 4.69) is 49.4 Å². The molecule has 0 saturated carbocycles. The zero-order chi connectivity index (χ0) is 28.2. The number of nitrogens with one attached hydrogen (secondary N) is 1. The van der Waals surface area contributed by atoms with E-state index in [0.29, 0.717) is 32.7 Å². The topological polar surface area (TPSA) is 95.4 Å². The molecule has 208 valence electrons. The Hall–Kier alpha value is -3.80. The first-order chi connectivity index (χ1) is 19.4. The molecule has 12 heteroatoms. The molecule has 1 saturated heterocycles. The van der Waals surface area contributed by atoms with Crippen LogP contribution >= 0.6 is 23.8 Å². The number of carbonyl (C=O) groups is 1. The van der Waals surface area contributed by atoms with Gasteiger partial charge in [-0.05, 0) is 36.0 Å². The van der Waals surface area contributed by atoms with E-state index in [9.17, 15) is 4.79 Å². The first-order valence-electron chi connectivity index (χ1n) is 12.8. The first kappa shape index (κ1) is 27.8. The van der Waals surface area contributed by atoms with Crippen LogP contribution in [0.5, 0.6) is 11.9 Å². The number of thiocarbonyl (C=S) groups is 1. The number of benzene rings is 2. The van der Waals surface area contributed by atoms with Gasteiger partial charge in [0, 0.05) is 56.6 Å². The van der Waals surface area contributed by atoms with Gasteiger partial charge >= 0.3 is 6.01 Å². The van der Waals surface area contributed by atoms with Crippen LogP contribution in [0.25, 0.3) is 0 Å². The van der Waals surface area contributed by atoms with Crippen LogP contribution in [0, 0.1) is 0 Å². The highest BCUT2D eigenvalue weighted by molar-refractivity contribution is 7.80. The lowest BCUT2D eigenvalue weighted by atomic mass is 10.0. The second kappa shape index (κ2) is 12.2. The highest BCUT2D eigenvalue weighted by Crippen LogP contribution is 2.32. The summed E-state index contributed by atoms with van der Waals surface area (Å²) in [5, 5.41) is 4.17. The third-order valence-corrected chi connectivity index (χ3v) is 7.54. The molecule has 2 aliphatic rings. The standard InChI is InChI=1S/C28H30ClN7O3S/c1-34-22-10-9-19(29)15-20(22)23(21-16-30-27(39-3)33-25(21)38-2)31-24(26(34)37)32-28(40)36-13-11-35(12-14-36)17-18-7-5-4-6-8-18/h4-10,15-16,24H,11-14,17H2,1-3H3,(H,32,40). The van der Waals surface area contributed by atoms with Crippen LogP contribution in [0.4, 0.5) is 5.69 Å². The maximum absolute atomic E-state index is 13.7. The summed E-state index contributed by atoms with van der Waals surface area (Å²) in [7, 11) is 4.68. The minimum absolute atomic E-state index is 0.150. The third kappa shape index (κ3) is 5.86. The summed E-state index contributed by atoms with van der Waals surface area (Å²) in [5.41, 5.74) is 3.49. The Morgan fingerprint density at radius 2 is 1.82 bits per heavy atom. The second-order valence-corrected chi connectivity index (χ2v) is 10.2. The van der Waals surface area contributed by atoms with Crippen LogP contribution in [-0.4, -0.2) is 90.1 Å². The number of anilines is 1. The van der Waals surface area contributed by atoms with Crippen LogP contribution in [0.1, 0.15) is 16.7 Å². The maximum Gasteiger partial charge on any atom is 0.319 e. The number of halogens is 1. The fraction of sp³-hybridized carbons (Fsp3) is 0.321. The summed E-state index contributed by atoms with van der Waals surface area (Å²) in [6.45, 7) is 4.08. The minimum atomic E-state index is -0.993. The lowest BCUT2D eigenvalue weighted by Gasteiger charge is -2.36. The van der Waals surface area contributed by atoms with Gasteiger partial charge in [0.1, 0.15) is 0 Å². The molecule has 5 rings (SSSR count). The zero-order valence-corrected chi connectivity index (χ0v) is 24.1. The average molecular weight is 580 g/mol. The molecule has 0 radical (unpaired) electrons. The molecule has 40 heavy (non-hydrogen) atoms. The Kier molecular flexibility index (Phi) is 8.43. The third-order valence-electron chi connectivity index (χ3n) is 6.93. The van der Waals surface area contributed by atoms with Gasteiger partial charge in [0.15, 0.2) is 5.11 Å². The number of benzodiazepines with no additional fused rings is 1. The molecule has 1 amide bonds. The molecule has 1 N–H and O–H groups in total. The van der Waals surface area contributed by atoms with Crippen LogP contribution in [0.15, 0.2) is 59.7 Å². The van der Waals surface area contributed by atoms with E-state index >= 15 is 0 Å². The summed E-state index contributed by atoms with van der Waals surface area (Å²) in [4.78, 5) is 33.1. The van der Waals surface area contributed by atoms with Gasteiger partial charge in [0.25, 0.3) is 5.91 Å². The monoisotopic (exact) mass is 579 g/mol. The number of fused-ring (bicyclic) bond motifs is 1. The Morgan fingerprint density at radius 3 is 2.52 bits per heavy atom. The van der Waals surface area contributed by atoms with E-state index in [1.54, 1.807) is 36.3 Å². The van der Waals surface area contributed by atoms with Crippen LogP contribution in [0.3, 0.4) is 0 Å². The number of aliphatic imine (C=N–C) groups is 1. The summed E-state index contributed by atoms with van der Waals surface area (Å²) in [6.07, 6.45) is 0.568. The number of piperazine rings is 1. The van der Waals surface area contributed by atoms with Gasteiger partial charge in [-0.1, -0.05) is 41.9 Å². The van der Waals surface area contributed by atoms with Crippen molar-refractivity contribution in [1.82, 2.24) is 25.1 Å². The van der Waals surface area contributed by atoms with Crippen molar-refractivity contribution in [2.75, 3.05) is 52.3 Å². The van der Waals surface area contributed by atoms with Crippen LogP contribution in [-0.2, 0) is 11.3 Å². The summed E-state index contributed by atoms with van der Waals surface area (Å²) in [6, 6.07) is 15.8. The highest BCUT2D eigenvalue weighted by atomic mass is 35.5. The Bertz CT molecular complexity index is 1430. The molecule has 0 aliphatic carbocycles. The molecular weight excluding hydrogens is 550 g/mol. The molecule has 1 fully saturated rings. The van der Waals surface area contributed by atoms with Crippen LogP contribution in [0.2, 0.25) is 5.02 Å². The van der Waals surface area contributed by atoms with Crippen molar-refractivity contribution in [3.8, 4) is 11.9 Å². The number of hydrogen-bond donors (Lipinski definition) is 1. The Balaban J connectivity index is 1.40. The number of likely N-dealkylation sites (N-methyl/N-ethyl adjacent to an activating group) is 1. The minimum Gasteiger partial charge on any atom is -0.480 e. The van der Waals surface area contributed by atoms with Gasteiger partial charge in [0.2, 0.25) is 12.0 Å². The Morgan fingerprint density at radius 1 is 1.07 bits per heavy atom. The largest absolute Gasteiger partial charge is 0.480 e. The predicted octanol–water partition coefficient (Wildman–Crippen LogP) is 2.98. The summed E-state index contributed by atoms with van der Waals surface area (Å²) < 4.78 is 10.7. The molecular formula is C28H30ClN7O3S. The smallest absolute Gasteiger partial charge is 0.319 e. The molecule has 0 bridgehead atoms. The van der Waals surface area contributed by atoms with E-state index < -0.39 is 6.17 Å². The normalized spacial score (nSPS) is 17.6. The van der Waals surface area contributed by atoms with E-state index in [1.165, 1.54) is 19.8 Å². The molecule has 3 heterocycles. The molecule has 10 nitrogen and oxygen atoms in total. The predicted molar refractivity (Wildman–Crippen MR) is 158 cm³/mol. The lowest BCUT2D eigenvalue weighted by molar-refractivity contribution is -0.119. The number of ether oxygens (including phenoxy) is 2. The van der Waals surface area contributed by atoms with Crippen molar-refractivity contribution < 1.29 is 14.3 Å². The number of rotatable bonds is 6. The van der Waals surface area contributed by atoms with Gasteiger partial charge in [-0.25, -0.2) is 9.98 Å². The quantitative estimate of drug-likeness (QED) is 0.442. The molecule has 2 aromatic carbocycles. The number of aromatic nitrogens is 2. The molecule has 1 aromatic heterocycles. The number of carbonyl (C=O) groups excluding carboxylic acids is 1. The number of methoxy groups -OCH3 is 2. The molecule has 1 atom stereocenters. The van der Waals surface area contributed by atoms with Crippen molar-refractivity contribution in [2.24, 2.45) is 4.99 Å². The molecule has 2 aliphatic heterocycles. The molecule has 3 aromatic rings. The number of hydrogen-bond acceptors (Lipinski definition) is 8. The average Bonchev–Trinajstić information content (AvgIpc) is 3.08. The second-order valence-electron chi connectivity index (χ2n) is 9.42. The fourth-order valence-electron chi connectivity index (χ4n) is 4.78. The number of nitrogens with zero attached hydrogens (tertiary/aromatic N) is 6. The van der Waals surface area contributed by atoms with Crippen molar-refractivity contribution >= 4 is 46.2 Å². The zero-order valence-electron chi connectivity index (χ0n) is 22.5. The first-order valence-corrected chi connectivity index (χ1v) is 13.6. The van der Waals surface area contributed by atoms with E-state index in [1.807, 2.05) is 6.07 Å². The van der Waals surface area contributed by atoms with Gasteiger partial charge < -0.3 is 24.6 Å². The van der Waals surface area contributed by atoms with Gasteiger partial charge in [0.05, 0.1) is 31.2 Å². The van der Waals surface area contributed by atoms with E-state index in [0.717, 1.165) is 32.7 Å². The number of amides is 1. The van der Waals surface area contributed by atoms with Gasteiger partial charge in [-0.2, -0.15) is 4.98 Å².